The first-order valence-corrected chi connectivity index (χ1v) is 5.96. The van der Waals surface area contributed by atoms with E-state index < -0.39 is 12.0 Å². The van der Waals surface area contributed by atoms with Gasteiger partial charge < -0.3 is 10.4 Å². The molecule has 0 bridgehead atoms. The van der Waals surface area contributed by atoms with Crippen molar-refractivity contribution < 1.29 is 14.7 Å². The zero-order valence-corrected chi connectivity index (χ0v) is 10.6. The number of nitrogens with zero attached hydrogens (tertiary/aromatic N) is 1. The highest BCUT2D eigenvalue weighted by molar-refractivity contribution is 5.84. The minimum atomic E-state index is -1.00. The van der Waals surface area contributed by atoms with Crippen LogP contribution in [-0.4, -0.2) is 28.0 Å². The number of amides is 1. The SMILES string of the molecule is CCC(C)[C@H](NC(=O)Cc1ccccn1)C(=O)O. The summed E-state index contributed by atoms with van der Waals surface area (Å²) in [7, 11) is 0. The maximum Gasteiger partial charge on any atom is 0.326 e. The lowest BCUT2D eigenvalue weighted by atomic mass is 9.99. The van der Waals surface area contributed by atoms with E-state index in [-0.39, 0.29) is 18.2 Å². The topological polar surface area (TPSA) is 79.3 Å². The third kappa shape index (κ3) is 4.16. The second-order valence-corrected chi connectivity index (χ2v) is 4.27. The molecule has 1 aromatic rings. The van der Waals surface area contributed by atoms with Crippen LogP contribution in [0.2, 0.25) is 0 Å². The van der Waals surface area contributed by atoms with Gasteiger partial charge in [0.2, 0.25) is 5.91 Å². The highest BCUT2D eigenvalue weighted by Gasteiger charge is 2.25. The second-order valence-electron chi connectivity index (χ2n) is 4.27. The summed E-state index contributed by atoms with van der Waals surface area (Å²) in [6.45, 7) is 3.70. The Morgan fingerprint density at radius 2 is 2.17 bits per heavy atom. The molecular weight excluding hydrogens is 232 g/mol. The average molecular weight is 250 g/mol. The molecule has 1 aromatic heterocycles. The Kier molecular flexibility index (Phi) is 5.30. The Balaban J connectivity index is 2.60. The van der Waals surface area contributed by atoms with E-state index in [2.05, 4.69) is 10.3 Å². The number of carboxylic acids is 1. The van der Waals surface area contributed by atoms with Crippen LogP contribution in [0.5, 0.6) is 0 Å². The lowest BCUT2D eigenvalue weighted by molar-refractivity contribution is -0.143. The van der Waals surface area contributed by atoms with E-state index in [1.165, 1.54) is 0 Å². The van der Waals surface area contributed by atoms with Gasteiger partial charge >= 0.3 is 5.97 Å². The van der Waals surface area contributed by atoms with Crippen LogP contribution >= 0.6 is 0 Å². The molecule has 0 saturated carbocycles. The fourth-order valence-corrected chi connectivity index (χ4v) is 1.57. The maximum absolute atomic E-state index is 11.7. The van der Waals surface area contributed by atoms with Gasteiger partial charge in [0.1, 0.15) is 6.04 Å². The van der Waals surface area contributed by atoms with E-state index in [1.807, 2.05) is 6.92 Å². The normalized spacial score (nSPS) is 13.7. The molecule has 0 spiro atoms. The van der Waals surface area contributed by atoms with Crippen LogP contribution in [0.25, 0.3) is 0 Å². The molecule has 2 N–H and O–H groups in total. The number of nitrogens with one attached hydrogen (secondary N) is 1. The van der Waals surface area contributed by atoms with Crippen molar-refractivity contribution >= 4 is 11.9 Å². The van der Waals surface area contributed by atoms with E-state index in [9.17, 15) is 9.59 Å². The molecule has 98 valence electrons. The highest BCUT2D eigenvalue weighted by atomic mass is 16.4. The summed E-state index contributed by atoms with van der Waals surface area (Å²) in [4.78, 5) is 26.8. The molecule has 2 atom stereocenters. The first kappa shape index (κ1) is 14.2. The van der Waals surface area contributed by atoms with Gasteiger partial charge in [-0.2, -0.15) is 0 Å². The van der Waals surface area contributed by atoms with Crippen molar-refractivity contribution in [3.63, 3.8) is 0 Å². The van der Waals surface area contributed by atoms with Crippen molar-refractivity contribution in [3.05, 3.63) is 30.1 Å². The molecule has 0 aromatic carbocycles. The van der Waals surface area contributed by atoms with Gasteiger partial charge in [-0.15, -0.1) is 0 Å². The summed E-state index contributed by atoms with van der Waals surface area (Å²) in [5.41, 5.74) is 0.628. The predicted octanol–water partition coefficient (Wildman–Crippen LogP) is 1.24. The van der Waals surface area contributed by atoms with Crippen molar-refractivity contribution in [1.29, 1.82) is 0 Å². The van der Waals surface area contributed by atoms with Crippen molar-refractivity contribution in [3.8, 4) is 0 Å². The van der Waals surface area contributed by atoms with Gasteiger partial charge in [0.25, 0.3) is 0 Å². The van der Waals surface area contributed by atoms with Crippen molar-refractivity contribution in [1.82, 2.24) is 10.3 Å². The van der Waals surface area contributed by atoms with Gasteiger partial charge in [0.15, 0.2) is 0 Å². The minimum absolute atomic E-state index is 0.0983. The van der Waals surface area contributed by atoms with E-state index in [1.54, 1.807) is 31.3 Å². The van der Waals surface area contributed by atoms with Crippen molar-refractivity contribution in [2.75, 3.05) is 0 Å². The zero-order chi connectivity index (χ0) is 13.5. The van der Waals surface area contributed by atoms with E-state index in [4.69, 9.17) is 5.11 Å². The number of carbonyl (C=O) groups excluding carboxylic acids is 1. The predicted molar refractivity (Wildman–Crippen MR) is 67.0 cm³/mol. The largest absolute Gasteiger partial charge is 0.480 e. The van der Waals surface area contributed by atoms with Gasteiger partial charge in [-0.1, -0.05) is 26.3 Å². The number of carboxylic acid groups (broad SMARTS) is 1. The molecule has 18 heavy (non-hydrogen) atoms. The molecule has 0 aliphatic carbocycles. The molecule has 0 fully saturated rings. The summed E-state index contributed by atoms with van der Waals surface area (Å²) in [6.07, 6.45) is 2.40. The fourth-order valence-electron chi connectivity index (χ4n) is 1.57. The molecule has 1 rings (SSSR count). The number of rotatable bonds is 6. The third-order valence-electron chi connectivity index (χ3n) is 2.86. The van der Waals surface area contributed by atoms with Gasteiger partial charge in [-0.05, 0) is 18.1 Å². The number of carbonyl (C=O) groups is 2. The van der Waals surface area contributed by atoms with Crippen LogP contribution in [0.4, 0.5) is 0 Å². The fraction of sp³-hybridized carbons (Fsp3) is 0.462. The number of pyridine rings is 1. The van der Waals surface area contributed by atoms with Crippen molar-refractivity contribution in [2.24, 2.45) is 5.92 Å². The molecular formula is C13H18N2O3. The lowest BCUT2D eigenvalue weighted by Gasteiger charge is -2.19. The summed E-state index contributed by atoms with van der Waals surface area (Å²) in [5.74, 6) is -1.42. The van der Waals surface area contributed by atoms with Crippen molar-refractivity contribution in [2.45, 2.75) is 32.7 Å². The molecule has 0 saturated heterocycles. The Morgan fingerprint density at radius 1 is 1.44 bits per heavy atom. The first-order valence-electron chi connectivity index (χ1n) is 5.96. The van der Waals surface area contributed by atoms with Crippen LogP contribution in [0.3, 0.4) is 0 Å². The summed E-state index contributed by atoms with van der Waals surface area (Å²) in [6, 6.07) is 4.45. The second kappa shape index (κ2) is 6.74. The molecule has 0 aliphatic heterocycles. The summed E-state index contributed by atoms with van der Waals surface area (Å²) in [5, 5.41) is 11.6. The highest BCUT2D eigenvalue weighted by Crippen LogP contribution is 2.08. The van der Waals surface area contributed by atoms with Crippen LogP contribution in [0.15, 0.2) is 24.4 Å². The molecule has 1 unspecified atom stereocenters. The third-order valence-corrected chi connectivity index (χ3v) is 2.86. The van der Waals surface area contributed by atoms with Crippen LogP contribution in [0, 0.1) is 5.92 Å². The van der Waals surface area contributed by atoms with Crippen LogP contribution < -0.4 is 5.32 Å². The smallest absolute Gasteiger partial charge is 0.326 e. The average Bonchev–Trinajstić information content (AvgIpc) is 2.36. The number of hydrogen-bond donors (Lipinski definition) is 2. The zero-order valence-electron chi connectivity index (χ0n) is 10.6. The Morgan fingerprint density at radius 3 is 2.67 bits per heavy atom. The number of hydrogen-bond acceptors (Lipinski definition) is 3. The van der Waals surface area contributed by atoms with Gasteiger partial charge in [0, 0.05) is 11.9 Å². The monoisotopic (exact) mass is 250 g/mol. The number of aliphatic carboxylic acids is 1. The van der Waals surface area contributed by atoms with Crippen LogP contribution in [0.1, 0.15) is 26.0 Å². The number of aromatic nitrogens is 1. The van der Waals surface area contributed by atoms with E-state index in [0.29, 0.717) is 12.1 Å². The van der Waals surface area contributed by atoms with E-state index in [0.717, 1.165) is 0 Å². The lowest BCUT2D eigenvalue weighted by Crippen LogP contribution is -2.45. The minimum Gasteiger partial charge on any atom is -0.480 e. The Labute approximate surface area is 106 Å². The Bertz CT molecular complexity index is 406. The van der Waals surface area contributed by atoms with Gasteiger partial charge in [-0.3, -0.25) is 9.78 Å². The summed E-state index contributed by atoms with van der Waals surface area (Å²) >= 11 is 0. The first-order chi connectivity index (χ1) is 8.54. The standard InChI is InChI=1S/C13H18N2O3/c1-3-9(2)12(13(17)18)15-11(16)8-10-6-4-5-7-14-10/h4-7,9,12H,3,8H2,1-2H3,(H,15,16)(H,17,18)/t9?,12-/m0/s1. The molecule has 0 radical (unpaired) electrons. The molecule has 1 amide bonds. The summed E-state index contributed by atoms with van der Waals surface area (Å²) < 4.78 is 0. The van der Waals surface area contributed by atoms with Crippen LogP contribution in [-0.2, 0) is 16.0 Å². The maximum atomic E-state index is 11.7. The quantitative estimate of drug-likeness (QED) is 0.796. The molecule has 0 aliphatic rings. The Hall–Kier alpha value is -1.91. The van der Waals surface area contributed by atoms with E-state index >= 15 is 0 Å². The van der Waals surface area contributed by atoms with Gasteiger partial charge in [0.05, 0.1) is 6.42 Å². The van der Waals surface area contributed by atoms with Gasteiger partial charge in [-0.25, -0.2) is 4.79 Å². The molecule has 5 nitrogen and oxygen atoms in total. The molecule has 5 heteroatoms. The molecule has 1 heterocycles.